The van der Waals surface area contributed by atoms with Crippen LogP contribution in [0.25, 0.3) is 38.7 Å². The molecule has 0 aromatic heterocycles. The van der Waals surface area contributed by atoms with Gasteiger partial charge in [-0.2, -0.15) is 0 Å². The molecule has 2 nitrogen and oxygen atoms in total. The number of allylic oxidation sites excluding steroid dienone is 1. The number of nitrogens with zero attached hydrogens (tertiary/aromatic N) is 1. The Kier molecular flexibility index (Phi) is 6.64. The molecule has 0 radical (unpaired) electrons. The van der Waals surface area contributed by atoms with Crippen LogP contribution in [0.5, 0.6) is 0 Å². The van der Waals surface area contributed by atoms with Crippen molar-refractivity contribution >= 4 is 56.4 Å². The van der Waals surface area contributed by atoms with E-state index in [1.54, 1.807) is 0 Å². The van der Waals surface area contributed by atoms with E-state index in [1.807, 2.05) is 11.8 Å². The number of hydrogen-bond donors (Lipinski definition) is 1. The number of aryl methyl sites for hydroxylation is 1. The second kappa shape index (κ2) is 11.3. The van der Waals surface area contributed by atoms with Crippen molar-refractivity contribution in [2.24, 2.45) is 0 Å². The van der Waals surface area contributed by atoms with E-state index in [1.165, 1.54) is 77.0 Å². The van der Waals surface area contributed by atoms with Gasteiger partial charge >= 0.3 is 0 Å². The monoisotopic (exact) mass is 608 g/mol. The van der Waals surface area contributed by atoms with Gasteiger partial charge in [0.1, 0.15) is 5.37 Å². The van der Waals surface area contributed by atoms with Crippen LogP contribution in [0.4, 0.5) is 17.1 Å². The Morgan fingerprint density at radius 1 is 0.587 bits per heavy atom. The van der Waals surface area contributed by atoms with E-state index >= 15 is 0 Å². The summed E-state index contributed by atoms with van der Waals surface area (Å²) in [4.78, 5) is 3.73. The van der Waals surface area contributed by atoms with E-state index in [-0.39, 0.29) is 5.37 Å². The van der Waals surface area contributed by atoms with Gasteiger partial charge < -0.3 is 10.2 Å². The molecule has 1 heterocycles. The summed E-state index contributed by atoms with van der Waals surface area (Å²) in [6.07, 6.45) is 4.43. The minimum atomic E-state index is 0.226. The van der Waals surface area contributed by atoms with Gasteiger partial charge in [0, 0.05) is 27.4 Å². The third kappa shape index (κ3) is 4.76. The number of benzene rings is 7. The molecule has 0 amide bonds. The third-order valence-electron chi connectivity index (χ3n) is 9.37. The fourth-order valence-electron chi connectivity index (χ4n) is 7.08. The predicted molar refractivity (Wildman–Crippen MR) is 197 cm³/mol. The molecule has 0 fully saturated rings. The van der Waals surface area contributed by atoms with Crippen molar-refractivity contribution < 1.29 is 0 Å². The van der Waals surface area contributed by atoms with Crippen LogP contribution in [0.1, 0.15) is 28.5 Å². The van der Waals surface area contributed by atoms with E-state index in [4.69, 9.17) is 0 Å². The maximum absolute atomic E-state index is 3.85. The predicted octanol–water partition coefficient (Wildman–Crippen LogP) is 12.0. The van der Waals surface area contributed by atoms with Crippen LogP contribution < -0.4 is 10.2 Å². The van der Waals surface area contributed by atoms with Crippen LogP contribution in [0.2, 0.25) is 0 Å². The van der Waals surface area contributed by atoms with Crippen molar-refractivity contribution in [2.75, 3.05) is 10.2 Å². The second-order valence-electron chi connectivity index (χ2n) is 12.1. The molecule has 0 bridgehead atoms. The van der Waals surface area contributed by atoms with Gasteiger partial charge in [-0.3, -0.25) is 0 Å². The number of nitrogens with one attached hydrogen (secondary N) is 1. The molecule has 7 aromatic carbocycles. The summed E-state index contributed by atoms with van der Waals surface area (Å²) >= 11 is 1.90. The molecule has 0 saturated carbocycles. The summed E-state index contributed by atoms with van der Waals surface area (Å²) in [5.41, 5.74) is 11.4. The number of hydrogen-bond acceptors (Lipinski definition) is 3. The lowest BCUT2D eigenvalue weighted by atomic mass is 9.94. The lowest BCUT2D eigenvalue weighted by molar-refractivity contribution is 0.894. The van der Waals surface area contributed by atoms with Gasteiger partial charge in [0.15, 0.2) is 0 Å². The molecule has 1 atom stereocenters. The molecule has 9 rings (SSSR count). The second-order valence-corrected chi connectivity index (χ2v) is 13.3. The summed E-state index contributed by atoms with van der Waals surface area (Å²) in [5, 5.41) is 9.20. The van der Waals surface area contributed by atoms with Gasteiger partial charge in [-0.25, -0.2) is 0 Å². The van der Waals surface area contributed by atoms with Crippen molar-refractivity contribution in [3.05, 3.63) is 174 Å². The van der Waals surface area contributed by atoms with Crippen molar-refractivity contribution in [3.8, 4) is 11.1 Å². The molecule has 1 aliphatic heterocycles. The van der Waals surface area contributed by atoms with Crippen LogP contribution >= 0.6 is 11.8 Å². The van der Waals surface area contributed by atoms with Gasteiger partial charge in [-0.15, -0.1) is 0 Å². The summed E-state index contributed by atoms with van der Waals surface area (Å²) in [7, 11) is 0. The first-order chi connectivity index (χ1) is 22.8. The lowest BCUT2D eigenvalue weighted by Gasteiger charge is -2.30. The van der Waals surface area contributed by atoms with Gasteiger partial charge in [-0.05, 0) is 99.3 Å². The van der Waals surface area contributed by atoms with E-state index in [0.29, 0.717) is 0 Å². The summed E-state index contributed by atoms with van der Waals surface area (Å²) in [6, 6.07) is 55.3. The third-order valence-corrected chi connectivity index (χ3v) is 10.6. The van der Waals surface area contributed by atoms with Crippen molar-refractivity contribution in [2.45, 2.75) is 23.1 Å². The first kappa shape index (κ1) is 27.1. The highest BCUT2D eigenvalue weighted by molar-refractivity contribution is 8.00. The highest BCUT2D eigenvalue weighted by Crippen LogP contribution is 2.50. The Bertz CT molecular complexity index is 2260. The zero-order valence-corrected chi connectivity index (χ0v) is 26.2. The summed E-state index contributed by atoms with van der Waals surface area (Å²) in [5.74, 6) is 0. The standard InChI is InChI=1S/C43H32N2S/c1-3-10-32(11-4-1)43-44-42-40(46-43)26-21-31-15-16-35-27-34(20-25-39(35)41(31)42)30-17-22-37(23-18-30)45(36-13-5-2-6-14-36)38-24-19-29-9-7-8-12-33(29)28-38/h1-18,20-23,25-28,43-44H,19,24H2. The Morgan fingerprint density at radius 3 is 2.13 bits per heavy atom. The minimum absolute atomic E-state index is 0.226. The van der Waals surface area contributed by atoms with Crippen LogP contribution in [0, 0.1) is 0 Å². The molecular formula is C43H32N2S. The van der Waals surface area contributed by atoms with Crippen LogP contribution in [-0.4, -0.2) is 0 Å². The minimum Gasteiger partial charge on any atom is -0.368 e. The molecular weight excluding hydrogens is 577 g/mol. The quantitative estimate of drug-likeness (QED) is 0.196. The van der Waals surface area contributed by atoms with Gasteiger partial charge in [-0.1, -0.05) is 127 Å². The molecule has 220 valence electrons. The number of rotatable bonds is 5. The average molecular weight is 609 g/mol. The molecule has 3 heteroatoms. The molecule has 1 aliphatic carbocycles. The maximum atomic E-state index is 3.85. The highest BCUT2D eigenvalue weighted by Gasteiger charge is 2.25. The van der Waals surface area contributed by atoms with E-state index in [0.717, 1.165) is 12.8 Å². The van der Waals surface area contributed by atoms with Crippen molar-refractivity contribution in [1.29, 1.82) is 0 Å². The van der Waals surface area contributed by atoms with Gasteiger partial charge in [0.05, 0.1) is 5.69 Å². The van der Waals surface area contributed by atoms with Crippen molar-refractivity contribution in [3.63, 3.8) is 0 Å². The molecule has 0 saturated heterocycles. The Hall–Kier alpha value is -5.25. The largest absolute Gasteiger partial charge is 0.368 e. The first-order valence-corrected chi connectivity index (χ1v) is 16.9. The maximum Gasteiger partial charge on any atom is 0.103 e. The molecule has 0 spiro atoms. The number of anilines is 3. The van der Waals surface area contributed by atoms with Gasteiger partial charge in [0.2, 0.25) is 0 Å². The Labute approximate surface area is 274 Å². The zero-order chi connectivity index (χ0) is 30.5. The number of thioether (sulfide) groups is 1. The summed E-state index contributed by atoms with van der Waals surface area (Å²) in [6.45, 7) is 0. The van der Waals surface area contributed by atoms with Gasteiger partial charge in [0.25, 0.3) is 0 Å². The number of para-hydroxylation sites is 1. The Balaban J connectivity index is 1.07. The fraction of sp³-hybridized carbons (Fsp3) is 0.0698. The van der Waals surface area contributed by atoms with Crippen LogP contribution in [0.15, 0.2) is 162 Å². The zero-order valence-electron chi connectivity index (χ0n) is 25.4. The molecule has 46 heavy (non-hydrogen) atoms. The molecule has 1 unspecified atom stereocenters. The van der Waals surface area contributed by atoms with E-state index in [2.05, 4.69) is 168 Å². The lowest BCUT2D eigenvalue weighted by Crippen LogP contribution is -2.19. The first-order valence-electron chi connectivity index (χ1n) is 16.0. The average Bonchev–Trinajstić information content (AvgIpc) is 3.57. The van der Waals surface area contributed by atoms with E-state index in [9.17, 15) is 0 Å². The van der Waals surface area contributed by atoms with Crippen molar-refractivity contribution in [1.82, 2.24) is 0 Å². The fourth-order valence-corrected chi connectivity index (χ4v) is 8.23. The molecule has 7 aromatic rings. The van der Waals surface area contributed by atoms with E-state index < -0.39 is 0 Å². The number of fused-ring (bicyclic) bond motifs is 6. The summed E-state index contributed by atoms with van der Waals surface area (Å²) < 4.78 is 0. The van der Waals surface area contributed by atoms with Crippen LogP contribution in [0.3, 0.4) is 0 Å². The molecule has 2 aliphatic rings. The van der Waals surface area contributed by atoms with Crippen LogP contribution in [-0.2, 0) is 6.42 Å². The molecule has 1 N–H and O–H groups in total. The Morgan fingerprint density at radius 2 is 1.28 bits per heavy atom. The topological polar surface area (TPSA) is 15.3 Å². The smallest absolute Gasteiger partial charge is 0.103 e. The highest BCUT2D eigenvalue weighted by atomic mass is 32.2. The normalized spacial score (nSPS) is 15.2. The SMILES string of the molecule is C1=C(N(c2ccccc2)c2ccc(-c3ccc4c(ccc5ccc6c(c54)NC(c4ccccc4)S6)c3)cc2)CCc2ccccc21.